The van der Waals surface area contributed by atoms with E-state index in [1.165, 1.54) is 13.0 Å². The number of rotatable bonds is 4. The van der Waals surface area contributed by atoms with Crippen molar-refractivity contribution in [3.8, 4) is 0 Å². The molecule has 1 aliphatic heterocycles. The van der Waals surface area contributed by atoms with Gasteiger partial charge in [-0.1, -0.05) is 12.1 Å². The minimum atomic E-state index is -0.276. The third kappa shape index (κ3) is 2.84. The molecule has 0 bridgehead atoms. The quantitative estimate of drug-likeness (QED) is 0.811. The van der Waals surface area contributed by atoms with E-state index in [0.29, 0.717) is 23.0 Å². The predicted molar refractivity (Wildman–Crippen MR) is 79.2 cm³/mol. The molecule has 2 heterocycles. The Bertz CT molecular complexity index is 660. The number of fused-ring (bicyclic) bond motifs is 1. The molecule has 0 aliphatic carbocycles. The number of halogens is 1. The second-order valence-electron chi connectivity index (χ2n) is 5.38. The number of ether oxygens (including phenoxy) is 1. The van der Waals surface area contributed by atoms with Crippen molar-refractivity contribution in [1.82, 2.24) is 9.47 Å². The standard InChI is InChI=1S/C16H19FN2O2/c1-12(20)14-11-19(6-5-18-7-9-21-10-8-18)16-13(14)3-2-4-15(16)17/h2-4,11H,5-10H2,1H3. The van der Waals surface area contributed by atoms with Crippen molar-refractivity contribution in [2.45, 2.75) is 13.5 Å². The topological polar surface area (TPSA) is 34.5 Å². The Hall–Kier alpha value is -1.72. The maximum atomic E-state index is 14.1. The summed E-state index contributed by atoms with van der Waals surface area (Å²) < 4.78 is 21.3. The van der Waals surface area contributed by atoms with Crippen LogP contribution in [0.25, 0.3) is 10.9 Å². The van der Waals surface area contributed by atoms with Gasteiger partial charge in [-0.05, 0) is 13.0 Å². The zero-order chi connectivity index (χ0) is 14.8. The summed E-state index contributed by atoms with van der Waals surface area (Å²) in [6, 6.07) is 4.90. The molecule has 0 unspecified atom stereocenters. The van der Waals surface area contributed by atoms with E-state index >= 15 is 0 Å². The number of nitrogens with zero attached hydrogens (tertiary/aromatic N) is 2. The van der Waals surface area contributed by atoms with Crippen LogP contribution in [-0.4, -0.2) is 48.1 Å². The van der Waals surface area contributed by atoms with Gasteiger partial charge in [0.05, 0.1) is 18.7 Å². The van der Waals surface area contributed by atoms with Crippen LogP contribution in [0.3, 0.4) is 0 Å². The molecule has 0 atom stereocenters. The van der Waals surface area contributed by atoms with Crippen molar-refractivity contribution in [1.29, 1.82) is 0 Å². The van der Waals surface area contributed by atoms with Gasteiger partial charge in [-0.25, -0.2) is 4.39 Å². The second-order valence-corrected chi connectivity index (χ2v) is 5.38. The van der Waals surface area contributed by atoms with Crippen LogP contribution in [0.4, 0.5) is 4.39 Å². The first-order valence-electron chi connectivity index (χ1n) is 7.25. The molecule has 1 aliphatic rings. The molecular formula is C16H19FN2O2. The monoisotopic (exact) mass is 290 g/mol. The molecule has 5 heteroatoms. The largest absolute Gasteiger partial charge is 0.379 e. The van der Waals surface area contributed by atoms with Crippen molar-refractivity contribution < 1.29 is 13.9 Å². The first-order chi connectivity index (χ1) is 10.2. The highest BCUT2D eigenvalue weighted by atomic mass is 19.1. The van der Waals surface area contributed by atoms with Crippen molar-refractivity contribution in [2.75, 3.05) is 32.8 Å². The molecule has 0 amide bonds. The van der Waals surface area contributed by atoms with Gasteiger partial charge in [0.15, 0.2) is 5.78 Å². The lowest BCUT2D eigenvalue weighted by molar-refractivity contribution is 0.0365. The van der Waals surface area contributed by atoms with Crippen LogP contribution in [0, 0.1) is 5.82 Å². The van der Waals surface area contributed by atoms with Crippen molar-refractivity contribution in [3.05, 3.63) is 35.8 Å². The molecule has 1 aromatic heterocycles. The summed E-state index contributed by atoms with van der Waals surface area (Å²) in [6.45, 7) is 6.33. The Morgan fingerprint density at radius 3 is 2.76 bits per heavy atom. The Kier molecular flexibility index (Phi) is 4.03. The van der Waals surface area contributed by atoms with Crippen LogP contribution in [0.15, 0.2) is 24.4 Å². The maximum absolute atomic E-state index is 14.1. The first kappa shape index (κ1) is 14.2. The van der Waals surface area contributed by atoms with Gasteiger partial charge in [-0.3, -0.25) is 9.69 Å². The molecule has 2 aromatic rings. The smallest absolute Gasteiger partial charge is 0.161 e. The van der Waals surface area contributed by atoms with Crippen LogP contribution in [0.2, 0.25) is 0 Å². The van der Waals surface area contributed by atoms with Crippen LogP contribution < -0.4 is 0 Å². The summed E-state index contributed by atoms with van der Waals surface area (Å²) in [5.41, 5.74) is 1.11. The fourth-order valence-corrected chi connectivity index (χ4v) is 2.85. The number of Topliss-reactive ketones (excluding diaryl/α,β-unsaturated/α-hetero) is 1. The Morgan fingerprint density at radius 1 is 1.29 bits per heavy atom. The fraction of sp³-hybridized carbons (Fsp3) is 0.438. The van der Waals surface area contributed by atoms with Crippen molar-refractivity contribution in [3.63, 3.8) is 0 Å². The number of ketones is 1. The van der Waals surface area contributed by atoms with E-state index in [0.717, 1.165) is 32.8 Å². The Balaban J connectivity index is 1.88. The summed E-state index contributed by atoms with van der Waals surface area (Å²) in [6.07, 6.45) is 1.77. The van der Waals surface area contributed by atoms with E-state index in [4.69, 9.17) is 4.74 Å². The fourth-order valence-electron chi connectivity index (χ4n) is 2.85. The molecule has 21 heavy (non-hydrogen) atoms. The number of aromatic nitrogens is 1. The van der Waals surface area contributed by atoms with Crippen LogP contribution in [-0.2, 0) is 11.3 Å². The number of carbonyl (C=O) groups is 1. The van der Waals surface area contributed by atoms with Gasteiger partial charge in [0.2, 0.25) is 0 Å². The van der Waals surface area contributed by atoms with Gasteiger partial charge in [-0.15, -0.1) is 0 Å². The highest BCUT2D eigenvalue weighted by molar-refractivity contribution is 6.07. The minimum Gasteiger partial charge on any atom is -0.379 e. The molecular weight excluding hydrogens is 271 g/mol. The summed E-state index contributed by atoms with van der Waals surface area (Å²) in [4.78, 5) is 14.0. The van der Waals surface area contributed by atoms with Crippen LogP contribution in [0.5, 0.6) is 0 Å². The SMILES string of the molecule is CC(=O)c1cn(CCN2CCOCC2)c2c(F)cccc12. The highest BCUT2D eigenvalue weighted by Gasteiger charge is 2.16. The van der Waals surface area contributed by atoms with E-state index < -0.39 is 0 Å². The third-order valence-corrected chi connectivity index (χ3v) is 3.99. The van der Waals surface area contributed by atoms with Gasteiger partial charge in [-0.2, -0.15) is 0 Å². The average Bonchev–Trinajstić information content (AvgIpc) is 2.87. The van der Waals surface area contributed by atoms with E-state index in [-0.39, 0.29) is 11.6 Å². The lowest BCUT2D eigenvalue weighted by atomic mass is 10.1. The molecule has 1 aromatic carbocycles. The second kappa shape index (κ2) is 5.95. The molecule has 0 radical (unpaired) electrons. The van der Waals surface area contributed by atoms with E-state index in [2.05, 4.69) is 4.90 Å². The number of hydrogen-bond donors (Lipinski definition) is 0. The zero-order valence-corrected chi connectivity index (χ0v) is 12.1. The van der Waals surface area contributed by atoms with Gasteiger partial charge in [0.1, 0.15) is 5.82 Å². The molecule has 0 spiro atoms. The van der Waals surface area contributed by atoms with Gasteiger partial charge >= 0.3 is 0 Å². The van der Waals surface area contributed by atoms with E-state index in [9.17, 15) is 9.18 Å². The van der Waals surface area contributed by atoms with Crippen LogP contribution in [0.1, 0.15) is 17.3 Å². The molecule has 1 fully saturated rings. The van der Waals surface area contributed by atoms with Gasteiger partial charge in [0.25, 0.3) is 0 Å². The number of hydrogen-bond acceptors (Lipinski definition) is 3. The number of para-hydroxylation sites is 1. The third-order valence-electron chi connectivity index (χ3n) is 3.99. The summed E-state index contributed by atoms with van der Waals surface area (Å²) in [7, 11) is 0. The summed E-state index contributed by atoms with van der Waals surface area (Å²) >= 11 is 0. The maximum Gasteiger partial charge on any atom is 0.161 e. The Labute approximate surface area is 123 Å². The summed E-state index contributed by atoms with van der Waals surface area (Å²) in [5, 5.41) is 0.699. The average molecular weight is 290 g/mol. The van der Waals surface area contributed by atoms with Gasteiger partial charge in [0, 0.05) is 43.3 Å². The highest BCUT2D eigenvalue weighted by Crippen LogP contribution is 2.24. The first-order valence-corrected chi connectivity index (χ1v) is 7.25. The lowest BCUT2D eigenvalue weighted by Gasteiger charge is -2.26. The molecule has 4 nitrogen and oxygen atoms in total. The molecule has 3 rings (SSSR count). The van der Waals surface area contributed by atoms with Gasteiger partial charge < -0.3 is 9.30 Å². The molecule has 1 saturated heterocycles. The number of morpholine rings is 1. The molecule has 0 saturated carbocycles. The number of benzene rings is 1. The minimum absolute atomic E-state index is 0.0317. The van der Waals surface area contributed by atoms with Crippen molar-refractivity contribution in [2.24, 2.45) is 0 Å². The zero-order valence-electron chi connectivity index (χ0n) is 12.1. The normalized spacial score (nSPS) is 16.5. The number of carbonyl (C=O) groups excluding carboxylic acids is 1. The van der Waals surface area contributed by atoms with Crippen LogP contribution >= 0.6 is 0 Å². The van der Waals surface area contributed by atoms with E-state index in [1.807, 2.05) is 4.57 Å². The molecule has 112 valence electrons. The lowest BCUT2D eigenvalue weighted by Crippen LogP contribution is -2.38. The Morgan fingerprint density at radius 2 is 2.05 bits per heavy atom. The predicted octanol–water partition coefficient (Wildman–Crippen LogP) is 2.32. The molecule has 0 N–H and O–H groups in total. The van der Waals surface area contributed by atoms with Crippen molar-refractivity contribution >= 4 is 16.7 Å². The summed E-state index contributed by atoms with van der Waals surface area (Å²) in [5.74, 6) is -0.308. The van der Waals surface area contributed by atoms with E-state index in [1.54, 1.807) is 18.3 Å².